The van der Waals surface area contributed by atoms with Gasteiger partial charge in [0, 0.05) is 24.1 Å². The van der Waals surface area contributed by atoms with Gasteiger partial charge in [0.1, 0.15) is 11.6 Å². The van der Waals surface area contributed by atoms with Gasteiger partial charge in [-0.3, -0.25) is 0 Å². The summed E-state index contributed by atoms with van der Waals surface area (Å²) in [5, 5.41) is 0. The van der Waals surface area contributed by atoms with Crippen LogP contribution in [0.3, 0.4) is 0 Å². The number of furan rings is 1. The highest BCUT2D eigenvalue weighted by atomic mass is 19.1. The first-order chi connectivity index (χ1) is 8.55. The van der Waals surface area contributed by atoms with Gasteiger partial charge < -0.3 is 15.9 Å². The maximum absolute atomic E-state index is 14.0. The van der Waals surface area contributed by atoms with E-state index in [1.165, 1.54) is 6.07 Å². The minimum absolute atomic E-state index is 0.325. The van der Waals surface area contributed by atoms with Crippen LogP contribution in [0.15, 0.2) is 41.0 Å². The van der Waals surface area contributed by atoms with E-state index in [0.717, 1.165) is 5.76 Å². The molecule has 3 nitrogen and oxygen atoms in total. The summed E-state index contributed by atoms with van der Waals surface area (Å²) in [6, 6.07) is 8.38. The molecule has 2 aromatic rings. The van der Waals surface area contributed by atoms with Crippen LogP contribution in [0.5, 0.6) is 0 Å². The van der Waals surface area contributed by atoms with Crippen molar-refractivity contribution in [2.45, 2.75) is 18.8 Å². The summed E-state index contributed by atoms with van der Waals surface area (Å²) >= 11 is 0. The quantitative estimate of drug-likeness (QED) is 0.817. The average molecular weight is 248 g/mol. The number of rotatable bonds is 4. The van der Waals surface area contributed by atoms with E-state index in [9.17, 15) is 4.39 Å². The van der Waals surface area contributed by atoms with Crippen LogP contribution in [0.25, 0.3) is 0 Å². The summed E-state index contributed by atoms with van der Waals surface area (Å²) in [5.41, 5.74) is 11.9. The lowest BCUT2D eigenvalue weighted by atomic mass is 9.78. The second-order valence-corrected chi connectivity index (χ2v) is 4.76. The van der Waals surface area contributed by atoms with Gasteiger partial charge in [0.15, 0.2) is 0 Å². The Bertz CT molecular complexity index is 525. The minimum Gasteiger partial charge on any atom is -0.469 e. The zero-order chi connectivity index (χ0) is 13.2. The maximum atomic E-state index is 14.0. The molecule has 0 radical (unpaired) electrons. The predicted octanol–water partition coefficient (Wildman–Crippen LogP) is 2.46. The van der Waals surface area contributed by atoms with E-state index < -0.39 is 5.41 Å². The molecule has 0 saturated heterocycles. The van der Waals surface area contributed by atoms with Gasteiger partial charge in [-0.2, -0.15) is 0 Å². The highest BCUT2D eigenvalue weighted by Gasteiger charge is 2.29. The first kappa shape index (κ1) is 12.6. The molecule has 4 heteroatoms. The Kier molecular flexibility index (Phi) is 3.39. The van der Waals surface area contributed by atoms with Crippen LogP contribution in [0.1, 0.15) is 18.2 Å². The normalized spacial score (nSPS) is 14.4. The van der Waals surface area contributed by atoms with Crippen molar-refractivity contribution in [1.29, 1.82) is 0 Å². The van der Waals surface area contributed by atoms with Gasteiger partial charge in [-0.05, 0) is 29.8 Å². The van der Waals surface area contributed by atoms with Crippen molar-refractivity contribution in [3.63, 3.8) is 0 Å². The third-order valence-electron chi connectivity index (χ3n) is 3.24. The third-order valence-corrected chi connectivity index (χ3v) is 3.24. The SMILES string of the molecule is CC(CN)(Cc1ccco1)c1ccc(N)cc1F. The van der Waals surface area contributed by atoms with Crippen LogP contribution in [-0.4, -0.2) is 6.54 Å². The van der Waals surface area contributed by atoms with Gasteiger partial charge in [-0.15, -0.1) is 0 Å². The van der Waals surface area contributed by atoms with Gasteiger partial charge in [0.2, 0.25) is 0 Å². The molecule has 96 valence electrons. The van der Waals surface area contributed by atoms with Crippen LogP contribution < -0.4 is 11.5 Å². The topological polar surface area (TPSA) is 65.2 Å². The van der Waals surface area contributed by atoms with Crippen molar-refractivity contribution in [3.05, 3.63) is 53.7 Å². The maximum Gasteiger partial charge on any atom is 0.129 e. The number of halogens is 1. The Labute approximate surface area is 106 Å². The molecule has 1 aromatic carbocycles. The number of hydrogen-bond donors (Lipinski definition) is 2. The van der Waals surface area contributed by atoms with Gasteiger partial charge in [-0.1, -0.05) is 13.0 Å². The molecule has 0 aliphatic carbocycles. The number of anilines is 1. The Morgan fingerprint density at radius 2 is 2.11 bits per heavy atom. The zero-order valence-corrected chi connectivity index (χ0v) is 10.3. The number of nitrogens with two attached hydrogens (primary N) is 2. The fraction of sp³-hybridized carbons (Fsp3) is 0.286. The van der Waals surface area contributed by atoms with Gasteiger partial charge >= 0.3 is 0 Å². The van der Waals surface area contributed by atoms with Gasteiger partial charge in [0.25, 0.3) is 0 Å². The fourth-order valence-electron chi connectivity index (χ4n) is 2.10. The van der Waals surface area contributed by atoms with Crippen molar-refractivity contribution < 1.29 is 8.81 Å². The van der Waals surface area contributed by atoms with E-state index in [-0.39, 0.29) is 5.82 Å². The van der Waals surface area contributed by atoms with Gasteiger partial charge in [0.05, 0.1) is 6.26 Å². The molecule has 1 aromatic heterocycles. The Morgan fingerprint density at radius 3 is 2.67 bits per heavy atom. The summed E-state index contributed by atoms with van der Waals surface area (Å²) in [6.07, 6.45) is 2.16. The largest absolute Gasteiger partial charge is 0.469 e. The van der Waals surface area contributed by atoms with E-state index in [4.69, 9.17) is 15.9 Å². The second kappa shape index (κ2) is 4.82. The first-order valence-corrected chi connectivity index (χ1v) is 5.83. The molecule has 0 saturated carbocycles. The molecule has 1 heterocycles. The highest BCUT2D eigenvalue weighted by Crippen LogP contribution is 2.30. The van der Waals surface area contributed by atoms with Crippen LogP contribution in [0, 0.1) is 5.82 Å². The van der Waals surface area contributed by atoms with E-state index in [1.54, 1.807) is 18.4 Å². The summed E-state index contributed by atoms with van der Waals surface area (Å²) in [6.45, 7) is 2.25. The lowest BCUT2D eigenvalue weighted by Gasteiger charge is -2.28. The smallest absolute Gasteiger partial charge is 0.129 e. The minimum atomic E-state index is -0.504. The average Bonchev–Trinajstić information content (AvgIpc) is 2.81. The highest BCUT2D eigenvalue weighted by molar-refractivity contribution is 5.43. The lowest BCUT2D eigenvalue weighted by molar-refractivity contribution is 0.398. The number of nitrogen functional groups attached to an aromatic ring is 1. The van der Waals surface area contributed by atoms with Crippen LogP contribution >= 0.6 is 0 Å². The van der Waals surface area contributed by atoms with Crippen LogP contribution in [-0.2, 0) is 11.8 Å². The Morgan fingerprint density at radius 1 is 1.33 bits per heavy atom. The second-order valence-electron chi connectivity index (χ2n) is 4.76. The monoisotopic (exact) mass is 248 g/mol. The van der Waals surface area contributed by atoms with Crippen molar-refractivity contribution in [1.82, 2.24) is 0 Å². The fourth-order valence-corrected chi connectivity index (χ4v) is 2.10. The number of hydrogen-bond acceptors (Lipinski definition) is 3. The summed E-state index contributed by atoms with van der Waals surface area (Å²) in [7, 11) is 0. The van der Waals surface area contributed by atoms with Gasteiger partial charge in [-0.25, -0.2) is 4.39 Å². The zero-order valence-electron chi connectivity index (χ0n) is 10.3. The Hall–Kier alpha value is -1.81. The molecule has 0 aliphatic heterocycles. The molecular formula is C14H17FN2O. The summed E-state index contributed by atoms with van der Waals surface area (Å²) < 4.78 is 19.3. The van der Waals surface area contributed by atoms with Crippen molar-refractivity contribution in [2.24, 2.45) is 5.73 Å². The molecule has 0 bridgehead atoms. The number of benzene rings is 1. The standard InChI is InChI=1S/C14H17FN2O/c1-14(9-16,8-11-3-2-6-18-11)12-5-4-10(17)7-13(12)15/h2-7H,8-9,16-17H2,1H3. The molecule has 0 spiro atoms. The van der Waals surface area contributed by atoms with E-state index in [2.05, 4.69) is 0 Å². The molecule has 4 N–H and O–H groups in total. The molecule has 1 unspecified atom stereocenters. The van der Waals surface area contributed by atoms with Crippen molar-refractivity contribution >= 4 is 5.69 Å². The molecule has 18 heavy (non-hydrogen) atoms. The molecular weight excluding hydrogens is 231 g/mol. The van der Waals surface area contributed by atoms with Crippen molar-refractivity contribution in [3.8, 4) is 0 Å². The third kappa shape index (κ3) is 2.38. The molecule has 2 rings (SSSR count). The summed E-state index contributed by atoms with van der Waals surface area (Å²) in [4.78, 5) is 0. The van der Waals surface area contributed by atoms with Crippen LogP contribution in [0.4, 0.5) is 10.1 Å². The Balaban J connectivity index is 2.36. The van der Waals surface area contributed by atoms with E-state index in [0.29, 0.717) is 24.2 Å². The lowest BCUT2D eigenvalue weighted by Crippen LogP contribution is -2.35. The van der Waals surface area contributed by atoms with E-state index >= 15 is 0 Å². The van der Waals surface area contributed by atoms with Crippen LogP contribution in [0.2, 0.25) is 0 Å². The molecule has 1 atom stereocenters. The molecule has 0 aliphatic rings. The van der Waals surface area contributed by atoms with E-state index in [1.807, 2.05) is 19.1 Å². The van der Waals surface area contributed by atoms with Crippen molar-refractivity contribution in [2.75, 3.05) is 12.3 Å². The molecule has 0 fully saturated rings. The first-order valence-electron chi connectivity index (χ1n) is 5.83. The predicted molar refractivity (Wildman–Crippen MR) is 69.6 cm³/mol. The summed E-state index contributed by atoms with van der Waals surface area (Å²) in [5.74, 6) is 0.466. The molecule has 0 amide bonds.